The Hall–Kier alpha value is -4.14. The number of amides is 1. The van der Waals surface area contributed by atoms with Gasteiger partial charge in [0.05, 0.1) is 0 Å². The van der Waals surface area contributed by atoms with E-state index in [0.717, 1.165) is 15.8 Å². The van der Waals surface area contributed by atoms with Crippen LogP contribution in [0.5, 0.6) is 0 Å². The van der Waals surface area contributed by atoms with Crippen molar-refractivity contribution >= 4 is 5.91 Å². The number of halogens is 1. The summed E-state index contributed by atoms with van der Waals surface area (Å²) in [5.41, 5.74) is 2.30. The standard InChI is InChI=1S/C22H18FN5O3/c1-14-5-7-15(8-6-14)12-24-19(29)13-28-20(30)10-9-18(26-28)22-25-21(27-31-22)16-3-2-4-17(23)11-16/h2-11H,12-13H2,1H3,(H,24,29). The monoisotopic (exact) mass is 419 g/mol. The summed E-state index contributed by atoms with van der Waals surface area (Å²) in [4.78, 5) is 28.6. The highest BCUT2D eigenvalue weighted by molar-refractivity contribution is 5.75. The predicted molar refractivity (Wildman–Crippen MR) is 110 cm³/mol. The van der Waals surface area contributed by atoms with E-state index in [1.54, 1.807) is 6.07 Å². The molecule has 1 N–H and O–H groups in total. The van der Waals surface area contributed by atoms with Gasteiger partial charge in [0.25, 0.3) is 11.4 Å². The van der Waals surface area contributed by atoms with Crippen LogP contribution in [0.15, 0.2) is 70.0 Å². The fraction of sp³-hybridized carbons (Fsp3) is 0.136. The zero-order chi connectivity index (χ0) is 21.8. The molecule has 2 aromatic carbocycles. The lowest BCUT2D eigenvalue weighted by molar-refractivity contribution is -0.122. The summed E-state index contributed by atoms with van der Waals surface area (Å²) in [6, 6.07) is 16.2. The van der Waals surface area contributed by atoms with Crippen LogP contribution in [0.1, 0.15) is 11.1 Å². The first-order chi connectivity index (χ1) is 15.0. The van der Waals surface area contributed by atoms with Crippen molar-refractivity contribution in [3.63, 3.8) is 0 Å². The lowest BCUT2D eigenvalue weighted by Gasteiger charge is -2.07. The lowest BCUT2D eigenvalue weighted by Crippen LogP contribution is -2.33. The largest absolute Gasteiger partial charge is 0.350 e. The molecule has 156 valence electrons. The van der Waals surface area contributed by atoms with E-state index >= 15 is 0 Å². The number of nitrogens with one attached hydrogen (secondary N) is 1. The van der Waals surface area contributed by atoms with E-state index < -0.39 is 11.4 Å². The summed E-state index contributed by atoms with van der Waals surface area (Å²) >= 11 is 0. The van der Waals surface area contributed by atoms with Gasteiger partial charge in [-0.2, -0.15) is 10.1 Å². The Morgan fingerprint density at radius 1 is 1.13 bits per heavy atom. The van der Waals surface area contributed by atoms with Crippen molar-refractivity contribution in [1.29, 1.82) is 0 Å². The van der Waals surface area contributed by atoms with E-state index in [9.17, 15) is 14.0 Å². The second kappa shape index (κ2) is 8.70. The average Bonchev–Trinajstić information content (AvgIpc) is 3.25. The van der Waals surface area contributed by atoms with Crippen LogP contribution in [0, 0.1) is 12.7 Å². The van der Waals surface area contributed by atoms with Crippen molar-refractivity contribution < 1.29 is 13.7 Å². The van der Waals surface area contributed by atoms with Crippen molar-refractivity contribution in [2.45, 2.75) is 20.0 Å². The molecule has 4 aromatic rings. The Bertz CT molecular complexity index is 1280. The quantitative estimate of drug-likeness (QED) is 0.516. The highest BCUT2D eigenvalue weighted by Crippen LogP contribution is 2.20. The first kappa shape index (κ1) is 20.1. The van der Waals surface area contributed by atoms with Crippen molar-refractivity contribution in [3.8, 4) is 23.0 Å². The van der Waals surface area contributed by atoms with Crippen LogP contribution in [0.3, 0.4) is 0 Å². The Morgan fingerprint density at radius 3 is 2.71 bits per heavy atom. The van der Waals surface area contributed by atoms with Crippen molar-refractivity contribution in [2.75, 3.05) is 0 Å². The summed E-state index contributed by atoms with van der Waals surface area (Å²) in [5, 5.41) is 10.7. The minimum Gasteiger partial charge on any atom is -0.350 e. The van der Waals surface area contributed by atoms with Crippen LogP contribution in [-0.4, -0.2) is 25.8 Å². The zero-order valence-electron chi connectivity index (χ0n) is 16.6. The Labute approximate surface area is 176 Å². The minimum atomic E-state index is -0.445. The average molecular weight is 419 g/mol. The van der Waals surface area contributed by atoms with E-state index in [-0.39, 0.29) is 29.9 Å². The fourth-order valence-corrected chi connectivity index (χ4v) is 2.85. The van der Waals surface area contributed by atoms with Gasteiger partial charge in [0.15, 0.2) is 0 Å². The summed E-state index contributed by atoms with van der Waals surface area (Å²) in [6.07, 6.45) is 0. The van der Waals surface area contributed by atoms with Crippen LogP contribution >= 0.6 is 0 Å². The van der Waals surface area contributed by atoms with Gasteiger partial charge in [-0.25, -0.2) is 9.07 Å². The van der Waals surface area contributed by atoms with Gasteiger partial charge in [-0.15, -0.1) is 0 Å². The number of benzene rings is 2. The number of hydrogen-bond acceptors (Lipinski definition) is 6. The van der Waals surface area contributed by atoms with E-state index in [4.69, 9.17) is 4.52 Å². The second-order valence-electron chi connectivity index (χ2n) is 6.91. The molecule has 0 radical (unpaired) electrons. The molecule has 2 heterocycles. The van der Waals surface area contributed by atoms with Gasteiger partial charge in [0, 0.05) is 18.2 Å². The number of aromatic nitrogens is 4. The fourth-order valence-electron chi connectivity index (χ4n) is 2.85. The van der Waals surface area contributed by atoms with E-state index in [0.29, 0.717) is 12.1 Å². The topological polar surface area (TPSA) is 103 Å². The molecule has 0 bridgehead atoms. The molecule has 0 atom stereocenters. The molecule has 9 heteroatoms. The third kappa shape index (κ3) is 4.89. The number of rotatable bonds is 6. The molecule has 4 rings (SSSR count). The summed E-state index contributed by atoms with van der Waals surface area (Å²) in [6.45, 7) is 2.07. The maximum atomic E-state index is 13.4. The summed E-state index contributed by atoms with van der Waals surface area (Å²) < 4.78 is 19.6. The molecular weight excluding hydrogens is 401 g/mol. The van der Waals surface area contributed by atoms with Crippen molar-refractivity contribution in [3.05, 3.63) is 88.0 Å². The smallest absolute Gasteiger partial charge is 0.278 e. The SMILES string of the molecule is Cc1ccc(CNC(=O)Cn2nc(-c3nc(-c4cccc(F)c4)no3)ccc2=O)cc1. The molecule has 0 saturated heterocycles. The summed E-state index contributed by atoms with van der Waals surface area (Å²) in [5.74, 6) is -0.552. The lowest BCUT2D eigenvalue weighted by atomic mass is 10.1. The van der Waals surface area contributed by atoms with Crippen molar-refractivity contribution in [1.82, 2.24) is 25.2 Å². The highest BCUT2D eigenvalue weighted by atomic mass is 19.1. The predicted octanol–water partition coefficient (Wildman–Crippen LogP) is 2.72. The molecule has 0 unspecified atom stereocenters. The van der Waals surface area contributed by atoms with Crippen LogP contribution in [-0.2, 0) is 17.9 Å². The molecule has 0 aliphatic heterocycles. The normalized spacial score (nSPS) is 10.8. The number of aryl methyl sites for hydroxylation is 1. The number of carbonyl (C=O) groups is 1. The minimum absolute atomic E-state index is 0.0491. The number of hydrogen-bond donors (Lipinski definition) is 1. The molecule has 8 nitrogen and oxygen atoms in total. The van der Waals surface area contributed by atoms with Crippen molar-refractivity contribution in [2.24, 2.45) is 0 Å². The molecular formula is C22H18FN5O3. The van der Waals surface area contributed by atoms with E-state index in [1.165, 1.54) is 30.3 Å². The van der Waals surface area contributed by atoms with Gasteiger partial charge < -0.3 is 9.84 Å². The molecule has 0 aliphatic rings. The third-order valence-electron chi connectivity index (χ3n) is 4.50. The number of nitrogens with zero attached hydrogens (tertiary/aromatic N) is 4. The molecule has 31 heavy (non-hydrogen) atoms. The molecule has 0 fully saturated rings. The molecule has 0 aliphatic carbocycles. The molecule has 0 saturated carbocycles. The van der Waals surface area contributed by atoms with Crippen LogP contribution in [0.4, 0.5) is 4.39 Å². The first-order valence-electron chi connectivity index (χ1n) is 9.48. The molecule has 0 spiro atoms. The van der Waals surface area contributed by atoms with Crippen LogP contribution < -0.4 is 10.9 Å². The highest BCUT2D eigenvalue weighted by Gasteiger charge is 2.14. The van der Waals surface area contributed by atoms with Gasteiger partial charge in [0.1, 0.15) is 18.1 Å². The van der Waals surface area contributed by atoms with E-state index in [2.05, 4.69) is 20.6 Å². The van der Waals surface area contributed by atoms with Crippen LogP contribution in [0.25, 0.3) is 23.0 Å². The summed E-state index contributed by atoms with van der Waals surface area (Å²) in [7, 11) is 0. The Morgan fingerprint density at radius 2 is 1.94 bits per heavy atom. The Balaban J connectivity index is 1.48. The number of carbonyl (C=O) groups excluding carboxylic acids is 1. The maximum Gasteiger partial charge on any atom is 0.278 e. The van der Waals surface area contributed by atoms with E-state index in [1.807, 2.05) is 31.2 Å². The van der Waals surface area contributed by atoms with Gasteiger partial charge in [0.2, 0.25) is 11.7 Å². The zero-order valence-corrected chi connectivity index (χ0v) is 16.6. The van der Waals surface area contributed by atoms with Gasteiger partial charge in [-0.1, -0.05) is 47.1 Å². The second-order valence-corrected chi connectivity index (χ2v) is 6.91. The first-order valence-corrected chi connectivity index (χ1v) is 9.48. The third-order valence-corrected chi connectivity index (χ3v) is 4.50. The molecule has 2 aromatic heterocycles. The Kier molecular flexibility index (Phi) is 5.65. The van der Waals surface area contributed by atoms with Gasteiger partial charge in [-0.05, 0) is 30.7 Å². The van der Waals surface area contributed by atoms with Crippen LogP contribution in [0.2, 0.25) is 0 Å². The maximum absolute atomic E-state index is 13.4. The molecule has 1 amide bonds. The van der Waals surface area contributed by atoms with Gasteiger partial charge >= 0.3 is 0 Å². The van der Waals surface area contributed by atoms with Gasteiger partial charge in [-0.3, -0.25) is 9.59 Å².